The summed E-state index contributed by atoms with van der Waals surface area (Å²) in [6.07, 6.45) is 19.8. The van der Waals surface area contributed by atoms with E-state index in [0.717, 1.165) is 55.4 Å². The number of ether oxygens (including phenoxy) is 2. The smallest absolute Gasteiger partial charge is 0.268 e. The van der Waals surface area contributed by atoms with E-state index in [1.54, 1.807) is 0 Å². The molecule has 7 nitrogen and oxygen atoms in total. The van der Waals surface area contributed by atoms with Gasteiger partial charge in [-0.1, -0.05) is 121 Å². The Morgan fingerprint density at radius 3 is 2.00 bits per heavy atom. The van der Waals surface area contributed by atoms with Crippen LogP contribution < -0.4 is 4.89 Å². The lowest BCUT2D eigenvalue weighted by Crippen LogP contribution is -2.61. The van der Waals surface area contributed by atoms with Crippen molar-refractivity contribution < 1.29 is 32.5 Å². The first-order valence-corrected chi connectivity index (χ1v) is 18.6. The number of quaternary nitrogens is 1. The predicted octanol–water partition coefficient (Wildman–Crippen LogP) is 7.81. The first-order chi connectivity index (χ1) is 20.4. The topological polar surface area (TPSA) is 77.1 Å². The minimum absolute atomic E-state index is 0.101. The van der Waals surface area contributed by atoms with Gasteiger partial charge in [-0.3, -0.25) is 4.57 Å². The van der Waals surface area contributed by atoms with E-state index in [-0.39, 0.29) is 12.7 Å². The molecule has 0 aliphatic carbocycles. The minimum Gasteiger partial charge on any atom is -0.756 e. The van der Waals surface area contributed by atoms with Gasteiger partial charge in [-0.05, 0) is 12.0 Å². The van der Waals surface area contributed by atoms with Crippen LogP contribution in [0.3, 0.4) is 0 Å². The number of phosphoric acid groups is 1. The molecule has 4 rings (SSSR count). The summed E-state index contributed by atoms with van der Waals surface area (Å²) in [6, 6.07) is 9.88. The maximum Gasteiger partial charge on any atom is 0.268 e. The van der Waals surface area contributed by atoms with Crippen molar-refractivity contribution in [2.45, 2.75) is 128 Å². The molecular weight excluding hydrogens is 549 g/mol. The van der Waals surface area contributed by atoms with Crippen LogP contribution in [0.15, 0.2) is 30.3 Å². The zero-order valence-electron chi connectivity index (χ0n) is 26.7. The fourth-order valence-electron chi connectivity index (χ4n) is 6.39. The Balaban J connectivity index is 1.27. The molecule has 3 atom stereocenters. The molecule has 0 saturated carbocycles. The molecular formula is C34H60NO6P. The Morgan fingerprint density at radius 1 is 0.857 bits per heavy atom. The van der Waals surface area contributed by atoms with Crippen molar-refractivity contribution in [3.05, 3.63) is 35.9 Å². The van der Waals surface area contributed by atoms with Crippen molar-refractivity contribution >= 4 is 7.82 Å². The van der Waals surface area contributed by atoms with Gasteiger partial charge in [0.1, 0.15) is 18.8 Å². The summed E-state index contributed by atoms with van der Waals surface area (Å²) in [4.78, 5) is 12.8. The monoisotopic (exact) mass is 609 g/mol. The molecule has 1 aromatic rings. The predicted molar refractivity (Wildman–Crippen MR) is 168 cm³/mol. The van der Waals surface area contributed by atoms with Crippen LogP contribution in [0.4, 0.5) is 0 Å². The van der Waals surface area contributed by atoms with E-state index in [0.29, 0.717) is 25.7 Å². The van der Waals surface area contributed by atoms with Gasteiger partial charge in [-0.2, -0.15) is 0 Å². The van der Waals surface area contributed by atoms with Crippen molar-refractivity contribution in [1.82, 2.24) is 0 Å². The third-order valence-electron chi connectivity index (χ3n) is 9.18. The van der Waals surface area contributed by atoms with Crippen LogP contribution in [0.1, 0.15) is 115 Å². The van der Waals surface area contributed by atoms with Crippen LogP contribution in [-0.4, -0.2) is 63.2 Å². The standard InChI is InChI=1S/C34H60NO6P/c1-3-4-5-6-7-8-9-10-11-12-13-14-15-19-26-38-29-33(39-28-31-20-17-16-18-21-31)30-40-42(36,37)41-34-27-35(2)24-22-32(34)23-25-35/h16-18,20-21,32-34H,3-15,19,22-30H2,1-2H3. The minimum atomic E-state index is -4.44. The Kier molecular flexibility index (Phi) is 17.2. The molecule has 242 valence electrons. The molecule has 0 spiro atoms. The lowest BCUT2D eigenvalue weighted by atomic mass is 9.84. The number of rotatable bonds is 25. The quantitative estimate of drug-likeness (QED) is 0.0639. The highest BCUT2D eigenvalue weighted by molar-refractivity contribution is 7.45. The zero-order valence-corrected chi connectivity index (χ0v) is 27.6. The SMILES string of the molecule is CCCCCCCCCCCCCCCCOCC(COP(=O)([O-])OC1C[N+]2(C)CCC1CC2)OCc1ccccc1. The molecule has 0 radical (unpaired) electrons. The van der Waals surface area contributed by atoms with Crippen molar-refractivity contribution in [2.75, 3.05) is 46.5 Å². The summed E-state index contributed by atoms with van der Waals surface area (Å²) >= 11 is 0. The van der Waals surface area contributed by atoms with E-state index in [4.69, 9.17) is 18.5 Å². The van der Waals surface area contributed by atoms with Gasteiger partial charge in [-0.25, -0.2) is 0 Å². The lowest BCUT2D eigenvalue weighted by molar-refractivity contribution is -0.928. The van der Waals surface area contributed by atoms with Gasteiger partial charge in [0, 0.05) is 25.4 Å². The van der Waals surface area contributed by atoms with Crippen LogP contribution in [-0.2, 0) is 29.7 Å². The molecule has 0 amide bonds. The molecule has 42 heavy (non-hydrogen) atoms. The summed E-state index contributed by atoms with van der Waals surface area (Å²) in [6.45, 7) is 6.42. The molecule has 3 aliphatic rings. The second-order valence-electron chi connectivity index (χ2n) is 13.1. The fourth-order valence-corrected chi connectivity index (χ4v) is 7.37. The first kappa shape index (κ1) is 35.7. The summed E-state index contributed by atoms with van der Waals surface area (Å²) in [5.41, 5.74) is 1.03. The van der Waals surface area contributed by atoms with Crippen molar-refractivity contribution in [2.24, 2.45) is 5.92 Å². The number of benzene rings is 1. The van der Waals surface area contributed by atoms with E-state index in [9.17, 15) is 9.46 Å². The molecule has 8 heteroatoms. The van der Waals surface area contributed by atoms with Crippen LogP contribution in [0.5, 0.6) is 0 Å². The highest BCUT2D eigenvalue weighted by atomic mass is 31.2. The average Bonchev–Trinajstić information content (AvgIpc) is 2.98. The van der Waals surface area contributed by atoms with Crippen LogP contribution in [0, 0.1) is 5.92 Å². The van der Waals surface area contributed by atoms with Crippen molar-refractivity contribution in [1.29, 1.82) is 0 Å². The highest BCUT2D eigenvalue weighted by Crippen LogP contribution is 2.45. The summed E-state index contributed by atoms with van der Waals surface area (Å²) < 4.78 is 36.6. The summed E-state index contributed by atoms with van der Waals surface area (Å²) in [5, 5.41) is 0. The molecule has 3 heterocycles. The Morgan fingerprint density at radius 2 is 1.43 bits per heavy atom. The Hall–Kier alpha value is -0.790. The van der Waals surface area contributed by atoms with Gasteiger partial charge in [0.15, 0.2) is 0 Å². The largest absolute Gasteiger partial charge is 0.756 e. The highest BCUT2D eigenvalue weighted by Gasteiger charge is 2.45. The first-order valence-electron chi connectivity index (χ1n) is 17.1. The molecule has 2 bridgehead atoms. The zero-order chi connectivity index (χ0) is 29.9. The van der Waals surface area contributed by atoms with Crippen LogP contribution >= 0.6 is 7.82 Å². The van der Waals surface area contributed by atoms with Gasteiger partial charge in [0.05, 0.1) is 40.0 Å². The number of unbranched alkanes of at least 4 members (excludes halogenated alkanes) is 13. The number of hydrogen-bond acceptors (Lipinski definition) is 6. The number of piperidine rings is 3. The molecule has 3 fully saturated rings. The maximum absolute atomic E-state index is 12.8. The van der Waals surface area contributed by atoms with Gasteiger partial charge in [0.25, 0.3) is 7.82 Å². The Bertz CT molecular complexity index is 863. The van der Waals surface area contributed by atoms with E-state index < -0.39 is 13.9 Å². The second kappa shape index (κ2) is 20.3. The molecule has 3 aliphatic heterocycles. The number of phosphoric ester groups is 1. The van der Waals surface area contributed by atoms with E-state index in [2.05, 4.69) is 14.0 Å². The summed E-state index contributed by atoms with van der Waals surface area (Å²) in [7, 11) is -2.26. The van der Waals surface area contributed by atoms with Gasteiger partial charge < -0.3 is 27.9 Å². The normalized spacial score (nSPS) is 24.1. The molecule has 1 aromatic carbocycles. The van der Waals surface area contributed by atoms with E-state index >= 15 is 0 Å². The lowest BCUT2D eigenvalue weighted by Gasteiger charge is -2.50. The summed E-state index contributed by atoms with van der Waals surface area (Å²) in [5.74, 6) is 0.300. The second-order valence-corrected chi connectivity index (χ2v) is 14.4. The van der Waals surface area contributed by atoms with Crippen LogP contribution in [0.25, 0.3) is 0 Å². The average molecular weight is 610 g/mol. The Labute approximate surface area is 256 Å². The van der Waals surface area contributed by atoms with Crippen LogP contribution in [0.2, 0.25) is 0 Å². The number of hydrogen-bond donors (Lipinski definition) is 0. The number of fused-ring (bicyclic) bond motifs is 3. The molecule has 0 N–H and O–H groups in total. The molecule has 3 saturated heterocycles. The van der Waals surface area contributed by atoms with Gasteiger partial charge in [0.2, 0.25) is 0 Å². The number of likely N-dealkylation sites (N-methyl/N-ethyl adjacent to an activating group) is 1. The van der Waals surface area contributed by atoms with E-state index in [1.807, 2.05) is 30.3 Å². The van der Waals surface area contributed by atoms with Gasteiger partial charge >= 0.3 is 0 Å². The third-order valence-corrected chi connectivity index (χ3v) is 10.2. The third kappa shape index (κ3) is 14.8. The maximum atomic E-state index is 12.8. The fraction of sp³-hybridized carbons (Fsp3) is 0.824. The van der Waals surface area contributed by atoms with Crippen molar-refractivity contribution in [3.63, 3.8) is 0 Å². The van der Waals surface area contributed by atoms with E-state index in [1.165, 1.54) is 77.0 Å². The number of nitrogens with zero attached hydrogens (tertiary/aromatic N) is 1. The molecule has 0 aromatic heterocycles. The van der Waals surface area contributed by atoms with Crippen molar-refractivity contribution in [3.8, 4) is 0 Å². The molecule has 3 unspecified atom stereocenters. The van der Waals surface area contributed by atoms with Gasteiger partial charge in [-0.15, -0.1) is 0 Å².